The van der Waals surface area contributed by atoms with Crippen molar-refractivity contribution in [3.05, 3.63) is 47.0 Å². The predicted octanol–water partition coefficient (Wildman–Crippen LogP) is 2.41. The lowest BCUT2D eigenvalue weighted by molar-refractivity contribution is 0.0636. The van der Waals surface area contributed by atoms with E-state index in [0.29, 0.717) is 6.61 Å². The van der Waals surface area contributed by atoms with Crippen molar-refractivity contribution in [3.8, 4) is 11.8 Å². The van der Waals surface area contributed by atoms with Crippen LogP contribution in [0, 0.1) is 0 Å². The molecule has 2 aromatic rings. The maximum Gasteiger partial charge on any atom is 0.232 e. The van der Waals surface area contributed by atoms with Gasteiger partial charge >= 0.3 is 0 Å². The zero-order valence-corrected chi connectivity index (χ0v) is 10.7. The van der Waals surface area contributed by atoms with E-state index in [1.54, 1.807) is 0 Å². The molecule has 0 radical (unpaired) electrons. The highest BCUT2D eigenvalue weighted by Crippen LogP contribution is 2.37. The SMILES string of the molecule is Oc1c2c(c(O)n1OCc1ccccc1)CCCC2. The molecular weight excluding hydrogens is 242 g/mol. The van der Waals surface area contributed by atoms with Crippen LogP contribution in [-0.4, -0.2) is 14.9 Å². The van der Waals surface area contributed by atoms with E-state index in [0.717, 1.165) is 47.1 Å². The van der Waals surface area contributed by atoms with Gasteiger partial charge in [-0.2, -0.15) is 0 Å². The van der Waals surface area contributed by atoms with Gasteiger partial charge in [0.25, 0.3) is 0 Å². The summed E-state index contributed by atoms with van der Waals surface area (Å²) in [6.07, 6.45) is 3.69. The zero-order chi connectivity index (χ0) is 13.2. The molecule has 1 aliphatic carbocycles. The monoisotopic (exact) mass is 259 g/mol. The summed E-state index contributed by atoms with van der Waals surface area (Å²) in [4.78, 5) is 5.52. The molecule has 1 heterocycles. The van der Waals surface area contributed by atoms with Gasteiger partial charge in [-0.15, -0.1) is 4.73 Å². The first-order chi connectivity index (χ1) is 9.27. The van der Waals surface area contributed by atoms with Crippen LogP contribution in [0.15, 0.2) is 30.3 Å². The van der Waals surface area contributed by atoms with Crippen LogP contribution in [0.4, 0.5) is 0 Å². The van der Waals surface area contributed by atoms with Gasteiger partial charge in [0.05, 0.1) is 0 Å². The summed E-state index contributed by atoms with van der Waals surface area (Å²) in [6, 6.07) is 9.68. The molecule has 4 heteroatoms. The first-order valence-corrected chi connectivity index (χ1v) is 6.59. The Labute approximate surface area is 111 Å². The van der Waals surface area contributed by atoms with Gasteiger partial charge in [0.2, 0.25) is 11.8 Å². The van der Waals surface area contributed by atoms with Crippen LogP contribution in [0.2, 0.25) is 0 Å². The molecule has 0 saturated carbocycles. The lowest BCUT2D eigenvalue weighted by Gasteiger charge is -2.09. The molecule has 1 aromatic carbocycles. The van der Waals surface area contributed by atoms with Crippen molar-refractivity contribution in [1.29, 1.82) is 0 Å². The summed E-state index contributed by atoms with van der Waals surface area (Å²) in [5, 5.41) is 20.2. The van der Waals surface area contributed by atoms with Gasteiger partial charge in [-0.3, -0.25) is 0 Å². The quantitative estimate of drug-likeness (QED) is 0.890. The number of aromatic nitrogens is 1. The standard InChI is InChI=1S/C15H17NO3/c17-14-12-8-4-5-9-13(12)15(18)16(14)19-10-11-6-2-1-3-7-11/h1-3,6-7,17-18H,4-5,8-10H2. The summed E-state index contributed by atoms with van der Waals surface area (Å²) < 4.78 is 1.16. The minimum Gasteiger partial charge on any atom is -0.492 e. The Balaban J connectivity index is 1.83. The highest BCUT2D eigenvalue weighted by molar-refractivity contribution is 5.45. The zero-order valence-electron chi connectivity index (χ0n) is 10.7. The van der Waals surface area contributed by atoms with Gasteiger partial charge in [0.15, 0.2) is 0 Å². The van der Waals surface area contributed by atoms with Gasteiger partial charge in [-0.25, -0.2) is 0 Å². The number of hydrogen-bond donors (Lipinski definition) is 2. The van der Waals surface area contributed by atoms with E-state index in [9.17, 15) is 10.2 Å². The second-order valence-corrected chi connectivity index (χ2v) is 4.86. The van der Waals surface area contributed by atoms with Crippen LogP contribution >= 0.6 is 0 Å². The lowest BCUT2D eigenvalue weighted by Crippen LogP contribution is -2.10. The van der Waals surface area contributed by atoms with E-state index in [-0.39, 0.29) is 11.8 Å². The van der Waals surface area contributed by atoms with E-state index in [1.807, 2.05) is 30.3 Å². The fourth-order valence-corrected chi connectivity index (χ4v) is 2.58. The Morgan fingerprint density at radius 3 is 2.11 bits per heavy atom. The summed E-state index contributed by atoms with van der Waals surface area (Å²) in [5.74, 6) is 0.0891. The van der Waals surface area contributed by atoms with Crippen LogP contribution < -0.4 is 4.84 Å². The molecule has 0 aliphatic heterocycles. The third-order valence-corrected chi connectivity index (χ3v) is 3.60. The molecule has 0 fully saturated rings. The molecule has 0 atom stereocenters. The van der Waals surface area contributed by atoms with Gasteiger partial charge in [0.1, 0.15) is 6.61 Å². The van der Waals surface area contributed by atoms with Crippen molar-refractivity contribution in [1.82, 2.24) is 4.73 Å². The first-order valence-electron chi connectivity index (χ1n) is 6.59. The van der Waals surface area contributed by atoms with Crippen molar-refractivity contribution < 1.29 is 15.1 Å². The maximum atomic E-state index is 10.1. The van der Waals surface area contributed by atoms with Gasteiger partial charge in [-0.05, 0) is 31.2 Å². The van der Waals surface area contributed by atoms with Crippen LogP contribution in [0.5, 0.6) is 11.8 Å². The number of hydrogen-bond acceptors (Lipinski definition) is 3. The third kappa shape index (κ3) is 2.14. The number of fused-ring (bicyclic) bond motifs is 1. The van der Waals surface area contributed by atoms with Gasteiger partial charge in [0, 0.05) is 11.1 Å². The molecule has 0 saturated heterocycles. The maximum absolute atomic E-state index is 10.1. The van der Waals surface area contributed by atoms with Crippen molar-refractivity contribution in [3.63, 3.8) is 0 Å². The topological polar surface area (TPSA) is 54.6 Å². The Hall–Kier alpha value is -2.10. The van der Waals surface area contributed by atoms with Gasteiger partial charge < -0.3 is 15.1 Å². The van der Waals surface area contributed by atoms with Gasteiger partial charge in [-0.1, -0.05) is 30.3 Å². The second kappa shape index (κ2) is 4.88. The summed E-state index contributed by atoms with van der Waals surface area (Å²) in [6.45, 7) is 0.315. The van der Waals surface area contributed by atoms with Crippen LogP contribution in [-0.2, 0) is 19.4 Å². The van der Waals surface area contributed by atoms with Crippen LogP contribution in [0.25, 0.3) is 0 Å². The Bertz CT molecular complexity index is 545. The number of benzene rings is 1. The van der Waals surface area contributed by atoms with E-state index in [2.05, 4.69) is 0 Å². The molecule has 0 bridgehead atoms. The molecule has 0 unspecified atom stereocenters. The average molecular weight is 259 g/mol. The second-order valence-electron chi connectivity index (χ2n) is 4.86. The Morgan fingerprint density at radius 1 is 0.947 bits per heavy atom. The van der Waals surface area contributed by atoms with Crippen LogP contribution in [0.1, 0.15) is 29.5 Å². The predicted molar refractivity (Wildman–Crippen MR) is 71.1 cm³/mol. The van der Waals surface area contributed by atoms with E-state index < -0.39 is 0 Å². The molecule has 3 rings (SSSR count). The summed E-state index contributed by atoms with van der Waals surface area (Å²) >= 11 is 0. The van der Waals surface area contributed by atoms with Crippen molar-refractivity contribution >= 4 is 0 Å². The number of rotatable bonds is 3. The highest BCUT2D eigenvalue weighted by Gasteiger charge is 2.25. The lowest BCUT2D eigenvalue weighted by atomic mass is 9.95. The number of aromatic hydroxyl groups is 2. The molecule has 100 valence electrons. The minimum atomic E-state index is 0.0446. The van der Waals surface area contributed by atoms with Crippen molar-refractivity contribution in [2.45, 2.75) is 32.3 Å². The normalized spacial score (nSPS) is 14.1. The molecule has 1 aromatic heterocycles. The molecular formula is C15H17NO3. The summed E-state index contributed by atoms with van der Waals surface area (Å²) in [5.41, 5.74) is 2.65. The highest BCUT2D eigenvalue weighted by atomic mass is 16.7. The first kappa shape index (κ1) is 12.0. The number of nitrogens with zero attached hydrogens (tertiary/aromatic N) is 1. The fourth-order valence-electron chi connectivity index (χ4n) is 2.58. The largest absolute Gasteiger partial charge is 0.492 e. The van der Waals surface area contributed by atoms with Crippen molar-refractivity contribution in [2.75, 3.05) is 0 Å². The molecule has 0 spiro atoms. The molecule has 1 aliphatic rings. The molecule has 0 amide bonds. The minimum absolute atomic E-state index is 0.0446. The van der Waals surface area contributed by atoms with E-state index in [4.69, 9.17) is 4.84 Å². The summed E-state index contributed by atoms with van der Waals surface area (Å²) in [7, 11) is 0. The van der Waals surface area contributed by atoms with E-state index >= 15 is 0 Å². The molecule has 2 N–H and O–H groups in total. The Morgan fingerprint density at radius 2 is 1.53 bits per heavy atom. The van der Waals surface area contributed by atoms with Crippen LogP contribution in [0.3, 0.4) is 0 Å². The fraction of sp³-hybridized carbons (Fsp3) is 0.333. The van der Waals surface area contributed by atoms with Crippen molar-refractivity contribution in [2.24, 2.45) is 0 Å². The average Bonchev–Trinajstić information content (AvgIpc) is 2.71. The third-order valence-electron chi connectivity index (χ3n) is 3.60. The Kier molecular flexibility index (Phi) is 3.07. The molecule has 19 heavy (non-hydrogen) atoms. The molecule has 4 nitrogen and oxygen atoms in total. The smallest absolute Gasteiger partial charge is 0.232 e. The van der Waals surface area contributed by atoms with E-state index in [1.165, 1.54) is 0 Å².